The van der Waals surface area contributed by atoms with E-state index in [1.165, 1.54) is 0 Å². The van der Waals surface area contributed by atoms with E-state index in [0.29, 0.717) is 16.5 Å². The third kappa shape index (κ3) is 3.22. The number of rotatable bonds is 2. The predicted octanol–water partition coefficient (Wildman–Crippen LogP) is 3.76. The molecule has 1 N–H and O–H groups in total. The van der Waals surface area contributed by atoms with E-state index >= 15 is 0 Å². The van der Waals surface area contributed by atoms with Crippen LogP contribution in [0.3, 0.4) is 0 Å². The van der Waals surface area contributed by atoms with Crippen molar-refractivity contribution in [3.63, 3.8) is 0 Å². The Morgan fingerprint density at radius 3 is 2.71 bits per heavy atom. The molecule has 1 aliphatic rings. The zero-order valence-corrected chi connectivity index (χ0v) is 10.7. The maximum Gasteiger partial charge on any atom is 0.416 e. The second-order valence-corrected chi connectivity index (χ2v) is 5.21. The lowest BCUT2D eigenvalue weighted by Gasteiger charge is -2.16. The highest BCUT2D eigenvalue weighted by atomic mass is 79.9. The minimum atomic E-state index is -4.28. The molecule has 1 aromatic carbocycles. The molecule has 1 atom stereocenters. The normalized spacial score (nSPS) is 20.8. The van der Waals surface area contributed by atoms with Crippen molar-refractivity contribution in [2.75, 3.05) is 6.54 Å². The SMILES string of the molecule is FC(F)(F)c1cc(Br)ccc1CC1CCCN1. The summed E-state index contributed by atoms with van der Waals surface area (Å²) in [4.78, 5) is 0. The summed E-state index contributed by atoms with van der Waals surface area (Å²) >= 11 is 3.09. The first-order chi connectivity index (χ1) is 7.97. The Bertz CT molecular complexity index is 397. The predicted molar refractivity (Wildman–Crippen MR) is 63.9 cm³/mol. The number of alkyl halides is 3. The molecular weight excluding hydrogens is 295 g/mol. The molecule has 1 nitrogen and oxygen atoms in total. The van der Waals surface area contributed by atoms with Gasteiger partial charge in [0.25, 0.3) is 0 Å². The Kier molecular flexibility index (Phi) is 3.78. The van der Waals surface area contributed by atoms with E-state index < -0.39 is 11.7 Å². The third-order valence-corrected chi connectivity index (χ3v) is 3.50. The maximum atomic E-state index is 12.9. The molecular formula is C12H13BrF3N. The highest BCUT2D eigenvalue weighted by molar-refractivity contribution is 9.10. The van der Waals surface area contributed by atoms with Gasteiger partial charge in [0, 0.05) is 10.5 Å². The van der Waals surface area contributed by atoms with Crippen LogP contribution in [0.4, 0.5) is 13.2 Å². The van der Waals surface area contributed by atoms with Gasteiger partial charge >= 0.3 is 6.18 Å². The van der Waals surface area contributed by atoms with Gasteiger partial charge in [-0.1, -0.05) is 22.0 Å². The number of benzene rings is 1. The highest BCUT2D eigenvalue weighted by Gasteiger charge is 2.34. The first-order valence-corrected chi connectivity index (χ1v) is 6.35. The second kappa shape index (κ2) is 4.98. The summed E-state index contributed by atoms with van der Waals surface area (Å²) in [7, 11) is 0. The van der Waals surface area contributed by atoms with Crippen LogP contribution in [-0.4, -0.2) is 12.6 Å². The fraction of sp³-hybridized carbons (Fsp3) is 0.500. The lowest BCUT2D eigenvalue weighted by Crippen LogP contribution is -2.25. The van der Waals surface area contributed by atoms with Crippen molar-refractivity contribution < 1.29 is 13.2 Å². The fourth-order valence-corrected chi connectivity index (χ4v) is 2.55. The maximum absolute atomic E-state index is 12.9. The van der Waals surface area contributed by atoms with Crippen LogP contribution >= 0.6 is 15.9 Å². The zero-order valence-electron chi connectivity index (χ0n) is 9.15. The molecule has 1 aliphatic heterocycles. The molecule has 0 saturated carbocycles. The van der Waals surface area contributed by atoms with Crippen LogP contribution in [0, 0.1) is 0 Å². The summed E-state index contributed by atoms with van der Waals surface area (Å²) in [6.07, 6.45) is -1.84. The molecule has 5 heteroatoms. The van der Waals surface area contributed by atoms with E-state index in [0.717, 1.165) is 25.5 Å². The van der Waals surface area contributed by atoms with Gasteiger partial charge in [0.15, 0.2) is 0 Å². The van der Waals surface area contributed by atoms with Crippen molar-refractivity contribution in [2.45, 2.75) is 31.5 Å². The Balaban J connectivity index is 2.25. The van der Waals surface area contributed by atoms with Crippen molar-refractivity contribution in [1.29, 1.82) is 0 Å². The van der Waals surface area contributed by atoms with Crippen LogP contribution in [0.5, 0.6) is 0 Å². The Morgan fingerprint density at radius 2 is 2.12 bits per heavy atom. The molecule has 94 valence electrons. The van der Waals surface area contributed by atoms with Crippen molar-refractivity contribution in [3.05, 3.63) is 33.8 Å². The van der Waals surface area contributed by atoms with E-state index in [9.17, 15) is 13.2 Å². The minimum absolute atomic E-state index is 0.178. The molecule has 0 bridgehead atoms. The van der Waals surface area contributed by atoms with Gasteiger partial charge in [-0.3, -0.25) is 0 Å². The van der Waals surface area contributed by atoms with E-state index in [1.54, 1.807) is 12.1 Å². The number of hydrogen-bond donors (Lipinski definition) is 1. The summed E-state index contributed by atoms with van der Waals surface area (Å²) in [6.45, 7) is 0.905. The number of hydrogen-bond acceptors (Lipinski definition) is 1. The first-order valence-electron chi connectivity index (χ1n) is 5.56. The first kappa shape index (κ1) is 12.9. The van der Waals surface area contributed by atoms with Gasteiger partial charge in [-0.2, -0.15) is 13.2 Å². The quantitative estimate of drug-likeness (QED) is 0.877. The topological polar surface area (TPSA) is 12.0 Å². The summed E-state index contributed by atoms with van der Waals surface area (Å²) in [5, 5.41) is 3.22. The summed E-state index contributed by atoms with van der Waals surface area (Å²) in [6, 6.07) is 4.56. The van der Waals surface area contributed by atoms with Crippen molar-refractivity contribution in [3.8, 4) is 0 Å². The molecule has 1 aromatic rings. The van der Waals surface area contributed by atoms with E-state index in [4.69, 9.17) is 0 Å². The highest BCUT2D eigenvalue weighted by Crippen LogP contribution is 2.34. The van der Waals surface area contributed by atoms with Gasteiger partial charge in [-0.25, -0.2) is 0 Å². The number of nitrogens with one attached hydrogen (secondary N) is 1. The third-order valence-electron chi connectivity index (χ3n) is 3.01. The van der Waals surface area contributed by atoms with Crippen molar-refractivity contribution >= 4 is 15.9 Å². The van der Waals surface area contributed by atoms with Crippen LogP contribution < -0.4 is 5.32 Å². The van der Waals surface area contributed by atoms with Crippen LogP contribution in [0.15, 0.2) is 22.7 Å². The van der Waals surface area contributed by atoms with Gasteiger partial charge in [0.05, 0.1) is 5.56 Å². The minimum Gasteiger partial charge on any atom is -0.314 e. The van der Waals surface area contributed by atoms with Crippen LogP contribution in [0.25, 0.3) is 0 Å². The molecule has 0 aliphatic carbocycles. The lowest BCUT2D eigenvalue weighted by molar-refractivity contribution is -0.138. The molecule has 2 rings (SSSR count). The van der Waals surface area contributed by atoms with Crippen LogP contribution in [0.1, 0.15) is 24.0 Å². The van der Waals surface area contributed by atoms with Gasteiger partial charge in [-0.15, -0.1) is 0 Å². The molecule has 17 heavy (non-hydrogen) atoms. The van der Waals surface area contributed by atoms with Crippen LogP contribution in [-0.2, 0) is 12.6 Å². The van der Waals surface area contributed by atoms with E-state index in [-0.39, 0.29) is 6.04 Å². The standard InChI is InChI=1S/C12H13BrF3N/c13-9-4-3-8(6-10-2-1-5-17-10)11(7-9)12(14,15)16/h3-4,7,10,17H,1-2,5-6H2. The molecule has 1 fully saturated rings. The lowest BCUT2D eigenvalue weighted by atomic mass is 9.99. The van der Waals surface area contributed by atoms with Gasteiger partial charge in [0.1, 0.15) is 0 Å². The van der Waals surface area contributed by atoms with Crippen LogP contribution in [0.2, 0.25) is 0 Å². The fourth-order valence-electron chi connectivity index (χ4n) is 2.19. The Labute approximate surface area is 107 Å². The molecule has 1 heterocycles. The average molecular weight is 308 g/mol. The van der Waals surface area contributed by atoms with Gasteiger partial charge in [-0.05, 0) is 43.5 Å². The van der Waals surface area contributed by atoms with Crippen molar-refractivity contribution in [1.82, 2.24) is 5.32 Å². The molecule has 0 spiro atoms. The summed E-state index contributed by atoms with van der Waals surface area (Å²) < 4.78 is 39.0. The largest absolute Gasteiger partial charge is 0.416 e. The molecule has 0 radical (unpaired) electrons. The molecule has 1 saturated heterocycles. The second-order valence-electron chi connectivity index (χ2n) is 4.30. The van der Waals surface area contributed by atoms with Gasteiger partial charge in [0.2, 0.25) is 0 Å². The average Bonchev–Trinajstić information content (AvgIpc) is 2.72. The van der Waals surface area contributed by atoms with Crippen molar-refractivity contribution in [2.24, 2.45) is 0 Å². The summed E-state index contributed by atoms with van der Waals surface area (Å²) in [5.74, 6) is 0. The Morgan fingerprint density at radius 1 is 1.35 bits per heavy atom. The van der Waals surface area contributed by atoms with Gasteiger partial charge < -0.3 is 5.32 Å². The van der Waals surface area contributed by atoms with E-state index in [1.807, 2.05) is 0 Å². The monoisotopic (exact) mass is 307 g/mol. The summed E-state index contributed by atoms with van der Waals surface area (Å²) in [5.41, 5.74) is -0.152. The molecule has 1 unspecified atom stereocenters. The number of halogens is 4. The molecule has 0 amide bonds. The molecule has 0 aromatic heterocycles. The van der Waals surface area contributed by atoms with E-state index in [2.05, 4.69) is 21.2 Å². The smallest absolute Gasteiger partial charge is 0.314 e. The Hall–Kier alpha value is -0.550. The zero-order chi connectivity index (χ0) is 12.5.